The Bertz CT molecular complexity index is 780. The van der Waals surface area contributed by atoms with E-state index in [1.807, 2.05) is 36.4 Å². The lowest BCUT2D eigenvalue weighted by Crippen LogP contribution is -2.40. The Balaban J connectivity index is 2.12. The van der Waals surface area contributed by atoms with E-state index in [2.05, 4.69) is 0 Å². The SMILES string of the molecule is CC(=O)SC[C@@H](CCCc1ccccc1)C(=O)N(CC(=O)O)c1ccccc1. The zero-order valence-corrected chi connectivity index (χ0v) is 16.7. The van der Waals surface area contributed by atoms with E-state index in [4.69, 9.17) is 0 Å². The molecule has 0 bridgehead atoms. The fraction of sp³-hybridized carbons (Fsp3) is 0.318. The molecule has 1 atom stereocenters. The van der Waals surface area contributed by atoms with Gasteiger partial charge < -0.3 is 10.0 Å². The maximum Gasteiger partial charge on any atom is 0.323 e. The van der Waals surface area contributed by atoms with E-state index in [0.717, 1.165) is 24.6 Å². The average Bonchev–Trinajstić information content (AvgIpc) is 2.69. The fourth-order valence-electron chi connectivity index (χ4n) is 2.95. The van der Waals surface area contributed by atoms with E-state index in [1.165, 1.54) is 17.4 Å². The summed E-state index contributed by atoms with van der Waals surface area (Å²) in [6.07, 6.45) is 2.21. The van der Waals surface area contributed by atoms with Crippen LogP contribution < -0.4 is 4.90 Å². The lowest BCUT2D eigenvalue weighted by atomic mass is 9.99. The lowest BCUT2D eigenvalue weighted by molar-refractivity contribution is -0.137. The standard InChI is InChI=1S/C22H25NO4S/c1-17(24)28-16-19(12-8-11-18-9-4-2-5-10-18)22(27)23(15-21(25)26)20-13-6-3-7-14-20/h2-7,9-10,13-14,19H,8,11-12,15-16H2,1H3,(H,25,26)/t19-/m1/s1. The van der Waals surface area contributed by atoms with Gasteiger partial charge in [-0.15, -0.1) is 0 Å². The van der Waals surface area contributed by atoms with Crippen LogP contribution in [-0.2, 0) is 20.8 Å². The molecule has 0 saturated carbocycles. The molecule has 0 aliphatic heterocycles. The molecule has 5 nitrogen and oxygen atoms in total. The number of benzene rings is 2. The number of rotatable bonds is 10. The van der Waals surface area contributed by atoms with Gasteiger partial charge in [-0.1, -0.05) is 60.3 Å². The molecule has 0 aromatic heterocycles. The predicted octanol–water partition coefficient (Wildman–Crippen LogP) is 4.02. The van der Waals surface area contributed by atoms with Gasteiger partial charge in [-0.3, -0.25) is 14.4 Å². The van der Waals surface area contributed by atoms with E-state index >= 15 is 0 Å². The van der Waals surface area contributed by atoms with Crippen LogP contribution in [0.4, 0.5) is 5.69 Å². The number of anilines is 1. The molecule has 0 fully saturated rings. The van der Waals surface area contributed by atoms with Crippen molar-refractivity contribution in [1.82, 2.24) is 0 Å². The number of hydrogen-bond donors (Lipinski definition) is 1. The third kappa shape index (κ3) is 7.19. The second-order valence-electron chi connectivity index (χ2n) is 6.53. The molecular weight excluding hydrogens is 374 g/mol. The van der Waals surface area contributed by atoms with Gasteiger partial charge in [0.1, 0.15) is 6.54 Å². The van der Waals surface area contributed by atoms with Crippen LogP contribution in [0.25, 0.3) is 0 Å². The smallest absolute Gasteiger partial charge is 0.323 e. The Morgan fingerprint density at radius 2 is 1.61 bits per heavy atom. The van der Waals surface area contributed by atoms with Gasteiger partial charge in [0.05, 0.1) is 0 Å². The Morgan fingerprint density at radius 1 is 1.00 bits per heavy atom. The van der Waals surface area contributed by atoms with Crippen molar-refractivity contribution in [3.63, 3.8) is 0 Å². The molecule has 0 heterocycles. The molecule has 28 heavy (non-hydrogen) atoms. The van der Waals surface area contributed by atoms with Crippen LogP contribution in [0.15, 0.2) is 60.7 Å². The Morgan fingerprint density at radius 3 is 2.18 bits per heavy atom. The molecule has 1 amide bonds. The summed E-state index contributed by atoms with van der Waals surface area (Å²) < 4.78 is 0. The number of carboxylic acids is 1. The number of para-hydroxylation sites is 1. The first kappa shape index (κ1) is 21.7. The highest BCUT2D eigenvalue weighted by Gasteiger charge is 2.27. The number of thioether (sulfide) groups is 1. The van der Waals surface area contributed by atoms with Crippen molar-refractivity contribution in [3.05, 3.63) is 66.2 Å². The molecule has 2 aromatic rings. The Labute approximate surface area is 169 Å². The van der Waals surface area contributed by atoms with Gasteiger partial charge in [0, 0.05) is 24.3 Å². The van der Waals surface area contributed by atoms with Crippen molar-refractivity contribution in [3.8, 4) is 0 Å². The quantitative estimate of drug-likeness (QED) is 0.653. The first-order valence-electron chi connectivity index (χ1n) is 9.23. The maximum absolute atomic E-state index is 13.2. The molecule has 148 valence electrons. The van der Waals surface area contributed by atoms with E-state index in [1.54, 1.807) is 24.3 Å². The minimum atomic E-state index is -1.07. The number of nitrogens with zero attached hydrogens (tertiary/aromatic N) is 1. The molecule has 2 rings (SSSR count). The van der Waals surface area contributed by atoms with Crippen molar-refractivity contribution < 1.29 is 19.5 Å². The van der Waals surface area contributed by atoms with Crippen LogP contribution >= 0.6 is 11.8 Å². The Hall–Kier alpha value is -2.60. The summed E-state index contributed by atoms with van der Waals surface area (Å²) in [6, 6.07) is 18.8. The van der Waals surface area contributed by atoms with Gasteiger partial charge in [-0.2, -0.15) is 0 Å². The number of amides is 1. The minimum absolute atomic E-state index is 0.0506. The molecule has 0 spiro atoms. The molecule has 0 unspecified atom stereocenters. The van der Waals surface area contributed by atoms with Gasteiger partial charge in [0.15, 0.2) is 5.12 Å². The van der Waals surface area contributed by atoms with Crippen LogP contribution in [0.1, 0.15) is 25.3 Å². The summed E-state index contributed by atoms with van der Waals surface area (Å²) in [5, 5.41) is 9.21. The number of carbonyl (C=O) groups excluding carboxylic acids is 2. The van der Waals surface area contributed by atoms with Crippen LogP contribution in [0.3, 0.4) is 0 Å². The van der Waals surface area contributed by atoms with Gasteiger partial charge in [0.2, 0.25) is 5.91 Å². The van der Waals surface area contributed by atoms with Crippen LogP contribution in [0.2, 0.25) is 0 Å². The third-order valence-corrected chi connectivity index (χ3v) is 5.30. The maximum atomic E-state index is 13.2. The topological polar surface area (TPSA) is 74.7 Å². The van der Waals surface area contributed by atoms with Crippen molar-refractivity contribution >= 4 is 34.4 Å². The van der Waals surface area contributed by atoms with Crippen molar-refractivity contribution in [2.75, 3.05) is 17.2 Å². The largest absolute Gasteiger partial charge is 0.480 e. The summed E-state index contributed by atoms with van der Waals surface area (Å²) in [6.45, 7) is 1.07. The minimum Gasteiger partial charge on any atom is -0.480 e. The Kier molecular flexibility index (Phi) is 8.75. The van der Waals surface area contributed by atoms with Crippen molar-refractivity contribution in [1.29, 1.82) is 0 Å². The van der Waals surface area contributed by atoms with E-state index in [-0.39, 0.29) is 11.0 Å². The summed E-state index contributed by atoms with van der Waals surface area (Å²) >= 11 is 1.11. The third-order valence-electron chi connectivity index (χ3n) is 4.33. The molecular formula is C22H25NO4S. The number of carboxylic acid groups (broad SMARTS) is 1. The van der Waals surface area contributed by atoms with Gasteiger partial charge >= 0.3 is 5.97 Å². The van der Waals surface area contributed by atoms with Crippen LogP contribution in [0, 0.1) is 5.92 Å². The molecule has 2 aromatic carbocycles. The molecule has 6 heteroatoms. The summed E-state index contributed by atoms with van der Waals surface area (Å²) in [7, 11) is 0. The zero-order valence-electron chi connectivity index (χ0n) is 15.9. The van der Waals surface area contributed by atoms with Crippen LogP contribution in [0.5, 0.6) is 0 Å². The first-order valence-corrected chi connectivity index (χ1v) is 10.2. The second kappa shape index (κ2) is 11.3. The van der Waals surface area contributed by atoms with Crippen molar-refractivity contribution in [2.24, 2.45) is 5.92 Å². The van der Waals surface area contributed by atoms with Gasteiger partial charge in [-0.05, 0) is 37.0 Å². The van der Waals surface area contributed by atoms with Gasteiger partial charge in [0.25, 0.3) is 0 Å². The van der Waals surface area contributed by atoms with E-state index < -0.39 is 18.4 Å². The highest BCUT2D eigenvalue weighted by Crippen LogP contribution is 2.23. The zero-order chi connectivity index (χ0) is 20.4. The summed E-state index contributed by atoms with van der Waals surface area (Å²) in [5.41, 5.74) is 1.74. The summed E-state index contributed by atoms with van der Waals surface area (Å²) in [4.78, 5) is 37.2. The molecule has 0 aliphatic carbocycles. The van der Waals surface area contributed by atoms with Crippen LogP contribution in [-0.4, -0.2) is 34.4 Å². The monoisotopic (exact) mass is 399 g/mol. The van der Waals surface area contributed by atoms with Crippen molar-refractivity contribution in [2.45, 2.75) is 26.2 Å². The highest BCUT2D eigenvalue weighted by molar-refractivity contribution is 8.13. The number of carbonyl (C=O) groups is 3. The first-order chi connectivity index (χ1) is 13.5. The normalized spacial score (nSPS) is 11.6. The highest BCUT2D eigenvalue weighted by atomic mass is 32.2. The molecule has 0 radical (unpaired) electrons. The molecule has 0 saturated heterocycles. The summed E-state index contributed by atoms with van der Waals surface area (Å²) in [5.74, 6) is -1.39. The second-order valence-corrected chi connectivity index (χ2v) is 7.73. The number of aryl methyl sites for hydroxylation is 1. The lowest BCUT2D eigenvalue weighted by Gasteiger charge is -2.26. The van der Waals surface area contributed by atoms with Gasteiger partial charge in [-0.25, -0.2) is 0 Å². The average molecular weight is 400 g/mol. The number of hydrogen-bond acceptors (Lipinski definition) is 4. The predicted molar refractivity (Wildman–Crippen MR) is 112 cm³/mol. The molecule has 0 aliphatic rings. The van der Waals surface area contributed by atoms with E-state index in [9.17, 15) is 19.5 Å². The fourth-order valence-corrected chi connectivity index (χ4v) is 3.70. The van der Waals surface area contributed by atoms with E-state index in [0.29, 0.717) is 17.9 Å². The molecule has 1 N–H and O–H groups in total. The number of aliphatic carboxylic acids is 1.